The number of anilines is 3. The number of thiophene rings is 2. The molecular formula is C43H24N2O2S2. The molecule has 4 heterocycles. The van der Waals surface area contributed by atoms with Gasteiger partial charge in [0.1, 0.15) is 16.7 Å². The molecule has 0 fully saturated rings. The highest BCUT2D eigenvalue weighted by Crippen LogP contribution is 2.45. The van der Waals surface area contributed by atoms with E-state index in [-0.39, 0.29) is 0 Å². The number of nitrogens with zero attached hydrogens (tertiary/aromatic N) is 2. The van der Waals surface area contributed by atoms with E-state index in [1.807, 2.05) is 65.1 Å². The Morgan fingerprint density at radius 3 is 1.65 bits per heavy atom. The molecule has 0 aliphatic heterocycles. The van der Waals surface area contributed by atoms with Crippen molar-refractivity contribution >= 4 is 113 Å². The van der Waals surface area contributed by atoms with Gasteiger partial charge in [0.25, 0.3) is 0 Å². The van der Waals surface area contributed by atoms with Gasteiger partial charge < -0.3 is 13.7 Å². The fourth-order valence-corrected chi connectivity index (χ4v) is 9.52. The number of oxazole rings is 1. The molecule has 0 saturated carbocycles. The first-order valence-electron chi connectivity index (χ1n) is 16.2. The number of benzene rings is 7. The number of aromatic nitrogens is 1. The van der Waals surface area contributed by atoms with Crippen LogP contribution in [0, 0.1) is 0 Å². The van der Waals surface area contributed by atoms with E-state index in [2.05, 4.69) is 108 Å². The predicted molar refractivity (Wildman–Crippen MR) is 207 cm³/mol. The summed E-state index contributed by atoms with van der Waals surface area (Å²) in [4.78, 5) is 7.29. The van der Waals surface area contributed by atoms with Crippen LogP contribution < -0.4 is 4.90 Å². The van der Waals surface area contributed by atoms with Crippen molar-refractivity contribution in [3.8, 4) is 11.5 Å². The molecule has 0 aliphatic carbocycles. The summed E-state index contributed by atoms with van der Waals surface area (Å²) in [7, 11) is 0. The van der Waals surface area contributed by atoms with Crippen molar-refractivity contribution in [3.63, 3.8) is 0 Å². The first-order valence-corrected chi connectivity index (χ1v) is 17.8. The van der Waals surface area contributed by atoms with Crippen molar-refractivity contribution in [1.82, 2.24) is 4.98 Å². The molecule has 7 aromatic carbocycles. The van der Waals surface area contributed by atoms with E-state index in [9.17, 15) is 0 Å². The lowest BCUT2D eigenvalue weighted by molar-refractivity contribution is 0.619. The summed E-state index contributed by atoms with van der Waals surface area (Å²) in [5, 5.41) is 7.13. The Labute approximate surface area is 287 Å². The summed E-state index contributed by atoms with van der Waals surface area (Å²) in [6.45, 7) is 0. The van der Waals surface area contributed by atoms with E-state index in [4.69, 9.17) is 13.8 Å². The molecule has 4 aromatic heterocycles. The van der Waals surface area contributed by atoms with Crippen molar-refractivity contribution in [3.05, 3.63) is 146 Å². The molecule has 230 valence electrons. The first-order chi connectivity index (χ1) is 24.2. The van der Waals surface area contributed by atoms with Crippen molar-refractivity contribution in [1.29, 1.82) is 0 Å². The summed E-state index contributed by atoms with van der Waals surface area (Å²) in [5.41, 5.74) is 7.32. The zero-order valence-corrected chi connectivity index (χ0v) is 27.5. The van der Waals surface area contributed by atoms with Crippen LogP contribution in [0.15, 0.2) is 154 Å². The molecule has 0 unspecified atom stereocenters. The van der Waals surface area contributed by atoms with E-state index >= 15 is 0 Å². The Balaban J connectivity index is 1.11. The third-order valence-electron chi connectivity index (χ3n) is 9.50. The van der Waals surface area contributed by atoms with Gasteiger partial charge >= 0.3 is 0 Å². The van der Waals surface area contributed by atoms with Crippen LogP contribution in [0.25, 0.3) is 84.8 Å². The van der Waals surface area contributed by atoms with Gasteiger partial charge in [0.2, 0.25) is 5.89 Å². The van der Waals surface area contributed by atoms with Crippen LogP contribution in [0.3, 0.4) is 0 Å². The molecule has 0 radical (unpaired) electrons. The molecule has 49 heavy (non-hydrogen) atoms. The highest BCUT2D eigenvalue weighted by molar-refractivity contribution is 7.26. The first kappa shape index (κ1) is 27.0. The maximum atomic E-state index is 6.55. The second-order valence-corrected chi connectivity index (χ2v) is 14.5. The lowest BCUT2D eigenvalue weighted by Gasteiger charge is -2.25. The second-order valence-electron chi connectivity index (χ2n) is 12.3. The van der Waals surface area contributed by atoms with Gasteiger partial charge in [-0.25, -0.2) is 4.98 Å². The molecule has 11 aromatic rings. The van der Waals surface area contributed by atoms with Crippen molar-refractivity contribution in [2.45, 2.75) is 0 Å². The Hall–Kier alpha value is -5.95. The van der Waals surface area contributed by atoms with E-state index in [0.717, 1.165) is 55.7 Å². The Morgan fingerprint density at radius 1 is 0.429 bits per heavy atom. The molecule has 0 N–H and O–H groups in total. The standard InChI is InChI=1S/C43H24N2O2S2/c1-2-8-25(9-3-1)43-44-42-35(47-43)21-20-34-41(42)33-19-16-26(22-36(33)46-34)45(27-14-17-31-29-10-4-6-12-37(29)48-39(31)23-27)28-15-18-32-30-11-5-7-13-38(30)49-40(32)24-28/h1-24H. The van der Waals surface area contributed by atoms with E-state index in [1.165, 1.54) is 40.3 Å². The smallest absolute Gasteiger partial charge is 0.227 e. The van der Waals surface area contributed by atoms with Crippen LogP contribution in [-0.2, 0) is 0 Å². The predicted octanol–water partition coefficient (Wildman–Crippen LogP) is 13.6. The van der Waals surface area contributed by atoms with Gasteiger partial charge in [0.15, 0.2) is 5.58 Å². The minimum Gasteiger partial charge on any atom is -0.456 e. The average molecular weight is 665 g/mol. The maximum absolute atomic E-state index is 6.55. The van der Waals surface area contributed by atoms with Crippen LogP contribution in [0.2, 0.25) is 0 Å². The molecule has 6 heteroatoms. The third kappa shape index (κ3) is 4.11. The highest BCUT2D eigenvalue weighted by Gasteiger charge is 2.20. The Morgan fingerprint density at radius 2 is 0.980 bits per heavy atom. The number of furan rings is 1. The van der Waals surface area contributed by atoms with Crippen LogP contribution in [-0.4, -0.2) is 4.98 Å². The molecule has 0 bridgehead atoms. The zero-order valence-electron chi connectivity index (χ0n) is 25.9. The fraction of sp³-hybridized carbons (Fsp3) is 0. The van der Waals surface area contributed by atoms with Gasteiger partial charge in [-0.1, -0.05) is 66.7 Å². The van der Waals surface area contributed by atoms with Gasteiger partial charge in [-0.05, 0) is 72.8 Å². The fourth-order valence-electron chi connectivity index (χ4n) is 7.24. The lowest BCUT2D eigenvalue weighted by atomic mass is 10.1. The van der Waals surface area contributed by atoms with Crippen LogP contribution >= 0.6 is 22.7 Å². The quantitative estimate of drug-likeness (QED) is 0.188. The minimum absolute atomic E-state index is 0.605. The van der Waals surface area contributed by atoms with Crippen LogP contribution in [0.4, 0.5) is 17.1 Å². The molecule has 0 amide bonds. The van der Waals surface area contributed by atoms with Crippen molar-refractivity contribution < 1.29 is 8.83 Å². The third-order valence-corrected chi connectivity index (χ3v) is 11.8. The monoisotopic (exact) mass is 664 g/mol. The largest absolute Gasteiger partial charge is 0.456 e. The number of rotatable bonds is 4. The van der Waals surface area contributed by atoms with Crippen molar-refractivity contribution in [2.75, 3.05) is 4.90 Å². The molecule has 11 rings (SSSR count). The lowest BCUT2D eigenvalue weighted by Crippen LogP contribution is -2.09. The highest BCUT2D eigenvalue weighted by atomic mass is 32.1. The average Bonchev–Trinajstić information content (AvgIpc) is 3.92. The maximum Gasteiger partial charge on any atom is 0.227 e. The normalized spacial score (nSPS) is 12.1. The number of fused-ring (bicyclic) bond motifs is 11. The number of hydrogen-bond acceptors (Lipinski definition) is 6. The van der Waals surface area contributed by atoms with E-state index in [0.29, 0.717) is 5.89 Å². The molecule has 0 atom stereocenters. The molecule has 4 nitrogen and oxygen atoms in total. The van der Waals surface area contributed by atoms with Crippen molar-refractivity contribution in [2.24, 2.45) is 0 Å². The minimum atomic E-state index is 0.605. The summed E-state index contributed by atoms with van der Waals surface area (Å²) in [6, 6.07) is 51.4. The molecule has 0 aliphatic rings. The molecule has 0 spiro atoms. The summed E-state index contributed by atoms with van der Waals surface area (Å²) in [6.07, 6.45) is 0. The van der Waals surface area contributed by atoms with E-state index < -0.39 is 0 Å². The topological polar surface area (TPSA) is 42.4 Å². The van der Waals surface area contributed by atoms with Gasteiger partial charge in [0, 0.05) is 74.4 Å². The van der Waals surface area contributed by atoms with Gasteiger partial charge in [-0.3, -0.25) is 0 Å². The Bertz CT molecular complexity index is 2960. The van der Waals surface area contributed by atoms with Crippen LogP contribution in [0.5, 0.6) is 0 Å². The Kier molecular flexibility index (Phi) is 5.67. The summed E-state index contributed by atoms with van der Waals surface area (Å²) < 4.78 is 17.9. The zero-order chi connectivity index (χ0) is 32.1. The SMILES string of the molecule is c1ccc(-c2nc3c(ccc4oc5cc(N(c6ccc7c(c6)sc6ccccc67)c6ccc7c(c6)sc6ccccc67)ccc5c43)o2)cc1. The second kappa shape index (κ2) is 10.3. The molecular weight excluding hydrogens is 641 g/mol. The van der Waals surface area contributed by atoms with Crippen LogP contribution in [0.1, 0.15) is 0 Å². The van der Waals surface area contributed by atoms with Gasteiger partial charge in [0.05, 0.1) is 5.39 Å². The summed E-state index contributed by atoms with van der Waals surface area (Å²) >= 11 is 3.67. The summed E-state index contributed by atoms with van der Waals surface area (Å²) in [5.74, 6) is 0.605. The van der Waals surface area contributed by atoms with E-state index in [1.54, 1.807) is 0 Å². The number of hydrogen-bond donors (Lipinski definition) is 0. The van der Waals surface area contributed by atoms with Gasteiger partial charge in [-0.2, -0.15) is 0 Å². The molecule has 0 saturated heterocycles. The van der Waals surface area contributed by atoms with Gasteiger partial charge in [-0.15, -0.1) is 22.7 Å².